The molecule has 0 saturated heterocycles. The molecule has 0 saturated carbocycles. The van der Waals surface area contributed by atoms with Crippen LogP contribution in [0, 0.1) is 13.8 Å². The fourth-order valence-corrected chi connectivity index (χ4v) is 4.03. The van der Waals surface area contributed by atoms with Crippen molar-refractivity contribution in [1.82, 2.24) is 15.5 Å². The van der Waals surface area contributed by atoms with E-state index in [1.54, 1.807) is 27.7 Å². The molecular formula is C26H42N4O5. The van der Waals surface area contributed by atoms with Gasteiger partial charge in [-0.1, -0.05) is 31.5 Å². The van der Waals surface area contributed by atoms with Crippen LogP contribution < -0.4 is 16.4 Å². The standard InChI is InChI=1S/C26H42N4O5/c1-9-12-18(5)28-23(32)22(21-16(3)13-11-14-17(21)4)30(10-2)24(33)19(15-20(27)31)29-25(34)35-26(6,7)8/h11,13-14,18-19,22H,9-10,12,15H2,1-8H3,(H2,27,31)(H,28,32)(H,29,34). The molecule has 9 heteroatoms. The van der Waals surface area contributed by atoms with Crippen LogP contribution in [0.1, 0.15) is 83.5 Å². The lowest BCUT2D eigenvalue weighted by atomic mass is 9.93. The third kappa shape index (κ3) is 9.22. The van der Waals surface area contributed by atoms with E-state index >= 15 is 0 Å². The average Bonchev–Trinajstić information content (AvgIpc) is 2.70. The Morgan fingerprint density at radius 3 is 2.09 bits per heavy atom. The number of ether oxygens (including phenoxy) is 1. The number of benzene rings is 1. The summed E-state index contributed by atoms with van der Waals surface area (Å²) in [7, 11) is 0. The minimum absolute atomic E-state index is 0.0885. The van der Waals surface area contributed by atoms with Gasteiger partial charge in [0.15, 0.2) is 0 Å². The molecule has 0 aromatic heterocycles. The Bertz CT molecular complexity index is 889. The summed E-state index contributed by atoms with van der Waals surface area (Å²) in [5, 5.41) is 5.49. The van der Waals surface area contributed by atoms with Crippen LogP contribution in [0.4, 0.5) is 4.79 Å². The van der Waals surface area contributed by atoms with E-state index in [4.69, 9.17) is 10.5 Å². The van der Waals surface area contributed by atoms with Crippen LogP contribution in [-0.4, -0.2) is 52.9 Å². The molecule has 1 aromatic carbocycles. The summed E-state index contributed by atoms with van der Waals surface area (Å²) in [4.78, 5) is 52.9. The highest BCUT2D eigenvalue weighted by molar-refractivity contribution is 5.94. The Labute approximate surface area is 209 Å². The second kappa shape index (κ2) is 13.1. The van der Waals surface area contributed by atoms with Crippen molar-refractivity contribution < 1.29 is 23.9 Å². The van der Waals surface area contributed by atoms with Crippen molar-refractivity contribution in [2.45, 2.75) is 98.4 Å². The summed E-state index contributed by atoms with van der Waals surface area (Å²) < 4.78 is 5.27. The van der Waals surface area contributed by atoms with E-state index in [2.05, 4.69) is 10.6 Å². The van der Waals surface area contributed by atoms with Gasteiger partial charge < -0.3 is 26.0 Å². The maximum absolute atomic E-state index is 13.7. The predicted molar refractivity (Wildman–Crippen MR) is 136 cm³/mol. The van der Waals surface area contributed by atoms with E-state index < -0.39 is 42.0 Å². The summed E-state index contributed by atoms with van der Waals surface area (Å²) in [6, 6.07) is 3.33. The van der Waals surface area contributed by atoms with Crippen LogP contribution in [0.25, 0.3) is 0 Å². The first-order valence-corrected chi connectivity index (χ1v) is 12.2. The average molecular weight is 491 g/mol. The number of nitrogens with zero attached hydrogens (tertiary/aromatic N) is 1. The van der Waals surface area contributed by atoms with E-state index in [1.807, 2.05) is 45.9 Å². The molecule has 1 aromatic rings. The Kier molecular flexibility index (Phi) is 11.2. The largest absolute Gasteiger partial charge is 0.444 e. The van der Waals surface area contributed by atoms with Gasteiger partial charge in [0.1, 0.15) is 17.7 Å². The zero-order chi connectivity index (χ0) is 26.9. The number of hydrogen-bond donors (Lipinski definition) is 3. The van der Waals surface area contributed by atoms with Gasteiger partial charge in [0.2, 0.25) is 17.7 Å². The molecule has 35 heavy (non-hydrogen) atoms. The molecule has 4 amide bonds. The number of aryl methyl sites for hydroxylation is 2. The van der Waals surface area contributed by atoms with Crippen molar-refractivity contribution in [2.24, 2.45) is 5.73 Å². The monoisotopic (exact) mass is 490 g/mol. The van der Waals surface area contributed by atoms with E-state index in [1.165, 1.54) is 4.90 Å². The molecule has 1 rings (SSSR count). The summed E-state index contributed by atoms with van der Waals surface area (Å²) in [6.07, 6.45) is 0.405. The molecule has 0 aliphatic carbocycles. The van der Waals surface area contributed by atoms with Gasteiger partial charge in [-0.25, -0.2) is 4.79 Å². The zero-order valence-electron chi connectivity index (χ0n) is 22.4. The number of nitrogens with two attached hydrogens (primary N) is 1. The summed E-state index contributed by atoms with van der Waals surface area (Å²) in [6.45, 7) is 14.7. The Hall–Kier alpha value is -3.10. The van der Waals surface area contributed by atoms with Crippen LogP contribution in [0.3, 0.4) is 0 Å². The number of carbonyl (C=O) groups excluding carboxylic acids is 4. The molecule has 0 bridgehead atoms. The highest BCUT2D eigenvalue weighted by Crippen LogP contribution is 2.29. The number of likely N-dealkylation sites (N-methyl/N-ethyl adjacent to an activating group) is 1. The number of alkyl carbamates (subject to hydrolysis) is 1. The van der Waals surface area contributed by atoms with Gasteiger partial charge in [0, 0.05) is 12.6 Å². The fourth-order valence-electron chi connectivity index (χ4n) is 4.03. The predicted octanol–water partition coefficient (Wildman–Crippen LogP) is 3.27. The molecular weight excluding hydrogens is 448 g/mol. The second-order valence-corrected chi connectivity index (χ2v) is 9.90. The Morgan fingerprint density at radius 1 is 1.06 bits per heavy atom. The summed E-state index contributed by atoms with van der Waals surface area (Å²) in [5.74, 6) is -1.68. The van der Waals surface area contributed by atoms with Gasteiger partial charge >= 0.3 is 6.09 Å². The number of nitrogens with one attached hydrogen (secondary N) is 2. The minimum atomic E-state index is -1.28. The quantitative estimate of drug-likeness (QED) is 0.438. The highest BCUT2D eigenvalue weighted by atomic mass is 16.6. The van der Waals surface area contributed by atoms with Crippen LogP contribution in [0.5, 0.6) is 0 Å². The molecule has 9 nitrogen and oxygen atoms in total. The first-order valence-electron chi connectivity index (χ1n) is 12.2. The van der Waals surface area contributed by atoms with Gasteiger partial charge in [-0.05, 0) is 71.6 Å². The zero-order valence-corrected chi connectivity index (χ0v) is 22.4. The molecule has 3 unspecified atom stereocenters. The maximum atomic E-state index is 13.7. The van der Waals surface area contributed by atoms with Gasteiger partial charge in [0.25, 0.3) is 0 Å². The lowest BCUT2D eigenvalue weighted by Gasteiger charge is -2.35. The van der Waals surface area contributed by atoms with Crippen LogP contribution in [0.2, 0.25) is 0 Å². The van der Waals surface area contributed by atoms with Crippen molar-refractivity contribution >= 4 is 23.8 Å². The molecule has 196 valence electrons. The van der Waals surface area contributed by atoms with E-state index in [0.29, 0.717) is 5.56 Å². The summed E-state index contributed by atoms with van der Waals surface area (Å²) >= 11 is 0. The lowest BCUT2D eigenvalue weighted by molar-refractivity contribution is -0.143. The lowest BCUT2D eigenvalue weighted by Crippen LogP contribution is -2.54. The minimum Gasteiger partial charge on any atom is -0.444 e. The topological polar surface area (TPSA) is 131 Å². The van der Waals surface area contributed by atoms with Crippen molar-refractivity contribution in [3.05, 3.63) is 34.9 Å². The Morgan fingerprint density at radius 2 is 1.63 bits per heavy atom. The van der Waals surface area contributed by atoms with Crippen molar-refractivity contribution in [3.63, 3.8) is 0 Å². The summed E-state index contributed by atoms with van der Waals surface area (Å²) in [5.41, 5.74) is 7.00. The van der Waals surface area contributed by atoms with Crippen LogP contribution in [-0.2, 0) is 19.1 Å². The van der Waals surface area contributed by atoms with Crippen molar-refractivity contribution in [2.75, 3.05) is 6.54 Å². The second-order valence-electron chi connectivity index (χ2n) is 9.90. The van der Waals surface area contributed by atoms with Crippen molar-refractivity contribution in [1.29, 1.82) is 0 Å². The van der Waals surface area contributed by atoms with Crippen LogP contribution >= 0.6 is 0 Å². The van der Waals surface area contributed by atoms with Gasteiger partial charge in [-0.3, -0.25) is 14.4 Å². The number of carbonyl (C=O) groups is 4. The number of rotatable bonds is 11. The van der Waals surface area contributed by atoms with Crippen LogP contribution in [0.15, 0.2) is 18.2 Å². The van der Waals surface area contributed by atoms with Gasteiger partial charge in [-0.15, -0.1) is 0 Å². The van der Waals surface area contributed by atoms with Gasteiger partial charge in [0.05, 0.1) is 6.42 Å². The molecule has 0 aliphatic rings. The first kappa shape index (κ1) is 29.9. The van der Waals surface area contributed by atoms with E-state index in [-0.39, 0.29) is 18.5 Å². The molecule has 3 atom stereocenters. The molecule has 0 fully saturated rings. The molecule has 0 spiro atoms. The third-order valence-corrected chi connectivity index (χ3v) is 5.50. The number of hydrogen-bond acceptors (Lipinski definition) is 5. The SMILES string of the molecule is CCCC(C)NC(=O)C(c1c(C)cccc1C)N(CC)C(=O)C(CC(N)=O)NC(=O)OC(C)(C)C. The number of primary amides is 1. The number of amides is 4. The van der Waals surface area contributed by atoms with Crippen molar-refractivity contribution in [3.8, 4) is 0 Å². The van der Waals surface area contributed by atoms with E-state index in [0.717, 1.165) is 24.0 Å². The normalized spacial score (nSPS) is 13.8. The van der Waals surface area contributed by atoms with E-state index in [9.17, 15) is 19.2 Å². The molecule has 0 aliphatic heterocycles. The molecule has 0 radical (unpaired) electrons. The Balaban J connectivity index is 3.47. The third-order valence-electron chi connectivity index (χ3n) is 5.50. The molecule has 4 N–H and O–H groups in total. The highest BCUT2D eigenvalue weighted by Gasteiger charge is 2.37. The smallest absolute Gasteiger partial charge is 0.408 e. The maximum Gasteiger partial charge on any atom is 0.408 e. The van der Waals surface area contributed by atoms with Gasteiger partial charge in [-0.2, -0.15) is 0 Å². The first-order chi connectivity index (χ1) is 16.2. The fraction of sp³-hybridized carbons (Fsp3) is 0.615. The molecule has 0 heterocycles.